The first-order valence-corrected chi connectivity index (χ1v) is 16.9. The van der Waals surface area contributed by atoms with Gasteiger partial charge in [-0.05, 0) is 104 Å². The van der Waals surface area contributed by atoms with Gasteiger partial charge < -0.3 is 4.74 Å². The van der Waals surface area contributed by atoms with Crippen molar-refractivity contribution in [2.45, 2.75) is 91.1 Å². The van der Waals surface area contributed by atoms with Crippen LogP contribution in [0.25, 0.3) is 17.1 Å². The topological polar surface area (TPSA) is 89.7 Å². The van der Waals surface area contributed by atoms with Gasteiger partial charge in [0.1, 0.15) is 0 Å². The van der Waals surface area contributed by atoms with Gasteiger partial charge in [-0.15, -0.1) is 4.91 Å². The lowest BCUT2D eigenvalue weighted by Crippen LogP contribution is -2.44. The molecular formula is C38H45N5O3. The van der Waals surface area contributed by atoms with Crippen molar-refractivity contribution in [2.75, 3.05) is 19.8 Å². The molecule has 8 heteroatoms. The number of fused-ring (bicyclic) bond motifs is 1. The molecule has 0 bridgehead atoms. The van der Waals surface area contributed by atoms with Crippen LogP contribution in [0.15, 0.2) is 59.9 Å². The van der Waals surface area contributed by atoms with E-state index in [2.05, 4.69) is 66.3 Å². The minimum atomic E-state index is -0.788. The molecule has 4 aromatic rings. The maximum Gasteiger partial charge on any atom is 0.320 e. The molecule has 240 valence electrons. The van der Waals surface area contributed by atoms with Crippen LogP contribution in [0.3, 0.4) is 0 Å². The monoisotopic (exact) mass is 619 g/mol. The lowest BCUT2D eigenvalue weighted by Gasteiger charge is -2.38. The first-order chi connectivity index (χ1) is 22.5. The molecule has 0 spiro atoms. The van der Waals surface area contributed by atoms with E-state index in [1.165, 1.54) is 46.0 Å². The second-order valence-electron chi connectivity index (χ2n) is 12.8. The summed E-state index contributed by atoms with van der Waals surface area (Å²) < 4.78 is 7.48. The molecule has 1 saturated heterocycles. The molecule has 1 unspecified atom stereocenters. The van der Waals surface area contributed by atoms with E-state index in [0.717, 1.165) is 82.5 Å². The maximum absolute atomic E-state index is 12.3. The summed E-state index contributed by atoms with van der Waals surface area (Å²) in [6.07, 6.45) is 10.4. The molecule has 2 aliphatic rings. The van der Waals surface area contributed by atoms with E-state index >= 15 is 0 Å². The van der Waals surface area contributed by atoms with Gasteiger partial charge in [0.05, 0.1) is 29.8 Å². The molecule has 1 amide bonds. The third kappa shape index (κ3) is 6.74. The number of rotatable bonds is 11. The fourth-order valence-electron chi connectivity index (χ4n) is 7.31. The maximum atomic E-state index is 12.3. The fraction of sp³-hybridized carbons (Fsp3) is 0.447. The van der Waals surface area contributed by atoms with Gasteiger partial charge in [0.15, 0.2) is 5.82 Å². The van der Waals surface area contributed by atoms with Crippen LogP contribution in [0.1, 0.15) is 88.5 Å². The Morgan fingerprint density at radius 1 is 1.04 bits per heavy atom. The first kappa shape index (κ1) is 32.0. The number of aromatic nitrogens is 3. The van der Waals surface area contributed by atoms with Crippen molar-refractivity contribution in [3.05, 3.63) is 104 Å². The number of carbonyl (C=O) groups is 1. The molecule has 0 saturated carbocycles. The van der Waals surface area contributed by atoms with Crippen LogP contribution in [0, 0.1) is 18.8 Å². The van der Waals surface area contributed by atoms with Crippen molar-refractivity contribution in [3.8, 4) is 17.1 Å². The summed E-state index contributed by atoms with van der Waals surface area (Å²) in [6.45, 7) is 10.5. The Hall–Kier alpha value is -4.01. The van der Waals surface area contributed by atoms with Crippen LogP contribution in [0.4, 0.5) is 0 Å². The van der Waals surface area contributed by atoms with Crippen LogP contribution in [-0.2, 0) is 37.0 Å². The second kappa shape index (κ2) is 14.6. The summed E-state index contributed by atoms with van der Waals surface area (Å²) >= 11 is 0. The number of hydrogen-bond donors (Lipinski definition) is 0. The molecule has 2 aliphatic heterocycles. The quantitative estimate of drug-likeness (QED) is 0.128. The van der Waals surface area contributed by atoms with E-state index in [-0.39, 0.29) is 5.56 Å². The average Bonchev–Trinajstić information content (AvgIpc) is 3.52. The largest absolute Gasteiger partial charge is 0.380 e. The van der Waals surface area contributed by atoms with Gasteiger partial charge >= 0.3 is 5.91 Å². The molecule has 2 aromatic carbocycles. The summed E-state index contributed by atoms with van der Waals surface area (Å²) in [5, 5.41) is 7.16. The zero-order valence-electron chi connectivity index (χ0n) is 27.4. The van der Waals surface area contributed by atoms with E-state index in [0.29, 0.717) is 24.0 Å². The molecule has 6 rings (SSSR count). The van der Waals surface area contributed by atoms with Gasteiger partial charge in [0.2, 0.25) is 0 Å². The van der Waals surface area contributed by atoms with Crippen LogP contribution in [0.5, 0.6) is 0 Å². The highest BCUT2D eigenvalue weighted by Crippen LogP contribution is 2.31. The van der Waals surface area contributed by atoms with Crippen LogP contribution < -0.4 is 0 Å². The standard InChI is InChI=1S/C38H45N5O3/c1-4-5-6-14-36-34(38(44)41-45)23-39-43(36)37-15-8-13-35(40-37)33-12-7-10-26(2)31(33)19-18-28-16-17-29-24-42(21-20-32(29)27(28)3)30-11-9-22-46-25-30/h7-8,10,12-13,15-17,23,30H,4-6,9,11,14,18-22,24-25H2,1-3H3. The fourth-order valence-corrected chi connectivity index (χ4v) is 7.31. The average molecular weight is 620 g/mol. The number of unbranched alkanes of at least 4 members (excludes halogenated alkanes) is 2. The molecule has 46 heavy (non-hydrogen) atoms. The summed E-state index contributed by atoms with van der Waals surface area (Å²) in [5.41, 5.74) is 11.3. The molecule has 4 heterocycles. The summed E-state index contributed by atoms with van der Waals surface area (Å²) in [4.78, 5) is 31.1. The van der Waals surface area contributed by atoms with Gasteiger partial charge in [0.25, 0.3) is 0 Å². The van der Waals surface area contributed by atoms with Crippen molar-refractivity contribution in [1.82, 2.24) is 19.7 Å². The first-order valence-electron chi connectivity index (χ1n) is 16.9. The Morgan fingerprint density at radius 2 is 1.91 bits per heavy atom. The number of pyridine rings is 1. The number of aryl methyl sites for hydroxylation is 2. The van der Waals surface area contributed by atoms with Gasteiger partial charge in [0, 0.05) is 36.5 Å². The molecule has 8 nitrogen and oxygen atoms in total. The van der Waals surface area contributed by atoms with Gasteiger partial charge in [-0.25, -0.2) is 9.67 Å². The molecule has 2 aromatic heterocycles. The molecule has 0 N–H and O–H groups in total. The zero-order chi connectivity index (χ0) is 32.0. The Kier molecular flexibility index (Phi) is 10.1. The predicted octanol–water partition coefficient (Wildman–Crippen LogP) is 7.51. The van der Waals surface area contributed by atoms with Crippen LogP contribution in [0.2, 0.25) is 0 Å². The van der Waals surface area contributed by atoms with Crippen molar-refractivity contribution in [3.63, 3.8) is 0 Å². The van der Waals surface area contributed by atoms with Crippen LogP contribution >= 0.6 is 0 Å². The van der Waals surface area contributed by atoms with Gasteiger partial charge in [-0.3, -0.25) is 9.69 Å². The van der Waals surface area contributed by atoms with E-state index in [1.807, 2.05) is 18.2 Å². The lowest BCUT2D eigenvalue weighted by molar-refractivity contribution is 0.0125. The van der Waals surface area contributed by atoms with E-state index in [1.54, 1.807) is 4.68 Å². The highest BCUT2D eigenvalue weighted by Gasteiger charge is 2.27. The summed E-state index contributed by atoms with van der Waals surface area (Å²) in [5.74, 6) is -0.163. The number of benzene rings is 2. The third-order valence-corrected chi connectivity index (χ3v) is 9.96. The number of hydrogen-bond acceptors (Lipinski definition) is 6. The van der Waals surface area contributed by atoms with Crippen molar-refractivity contribution >= 4 is 5.91 Å². The van der Waals surface area contributed by atoms with Crippen LogP contribution in [-0.4, -0.2) is 51.4 Å². The Bertz CT molecular complexity index is 1700. The Morgan fingerprint density at radius 3 is 2.72 bits per heavy atom. The Labute approximate surface area is 272 Å². The predicted molar refractivity (Wildman–Crippen MR) is 181 cm³/mol. The number of amides is 1. The minimum Gasteiger partial charge on any atom is -0.380 e. The van der Waals surface area contributed by atoms with E-state index < -0.39 is 5.91 Å². The summed E-state index contributed by atoms with van der Waals surface area (Å²) in [6, 6.07) is 17.6. The highest BCUT2D eigenvalue weighted by atomic mass is 16.5. The van der Waals surface area contributed by atoms with Crippen molar-refractivity contribution < 1.29 is 9.53 Å². The smallest absolute Gasteiger partial charge is 0.320 e. The number of carbonyl (C=O) groups excluding carboxylic acids is 1. The molecule has 0 aliphatic carbocycles. The van der Waals surface area contributed by atoms with Gasteiger partial charge in [-0.1, -0.05) is 56.2 Å². The normalized spacial score (nSPS) is 16.7. The highest BCUT2D eigenvalue weighted by molar-refractivity contribution is 5.95. The third-order valence-electron chi connectivity index (χ3n) is 9.96. The molecule has 0 radical (unpaired) electrons. The molecular weight excluding hydrogens is 574 g/mol. The SMILES string of the molecule is CCCCCc1c(C(=O)N=O)cnn1-c1cccc(-c2cccc(C)c2CCc2ccc3c(c2C)CCN(C2CCCOC2)C3)n1. The van der Waals surface area contributed by atoms with E-state index in [4.69, 9.17) is 9.72 Å². The number of nitroso groups, excluding NO2 is 1. The number of nitrogens with zero attached hydrogens (tertiary/aromatic N) is 5. The Balaban J connectivity index is 1.24. The second-order valence-corrected chi connectivity index (χ2v) is 12.8. The molecule has 1 atom stereocenters. The lowest BCUT2D eigenvalue weighted by atomic mass is 9.87. The van der Waals surface area contributed by atoms with E-state index in [9.17, 15) is 9.70 Å². The van der Waals surface area contributed by atoms with Crippen molar-refractivity contribution in [1.29, 1.82) is 0 Å². The molecule has 1 fully saturated rings. The van der Waals surface area contributed by atoms with Gasteiger partial charge in [-0.2, -0.15) is 5.10 Å². The zero-order valence-corrected chi connectivity index (χ0v) is 27.4. The minimum absolute atomic E-state index is 0.255. The van der Waals surface area contributed by atoms with Crippen molar-refractivity contribution in [2.24, 2.45) is 5.18 Å². The number of ether oxygens (including phenoxy) is 1. The summed E-state index contributed by atoms with van der Waals surface area (Å²) in [7, 11) is 0.